The molecule has 3 rings (SSSR count). The molecule has 2 aliphatic rings. The molecule has 3 N–H and O–H groups in total. The summed E-state index contributed by atoms with van der Waals surface area (Å²) >= 11 is 0. The minimum Gasteiger partial charge on any atom is -0.384 e. The molecule has 7 nitrogen and oxygen atoms in total. The lowest BCUT2D eigenvalue weighted by molar-refractivity contribution is 0.0955. The molecule has 122 valence electrons. The van der Waals surface area contributed by atoms with Gasteiger partial charge in [-0.3, -0.25) is 4.79 Å². The predicted molar refractivity (Wildman–Crippen MR) is 90.2 cm³/mol. The van der Waals surface area contributed by atoms with Crippen LogP contribution in [-0.4, -0.2) is 43.2 Å². The van der Waals surface area contributed by atoms with E-state index in [1.807, 2.05) is 6.07 Å². The highest BCUT2D eigenvalue weighted by Gasteiger charge is 2.29. The van der Waals surface area contributed by atoms with Gasteiger partial charge in [-0.05, 0) is 24.1 Å². The second-order valence-corrected chi connectivity index (χ2v) is 5.90. The van der Waals surface area contributed by atoms with Crippen LogP contribution in [0.5, 0.6) is 0 Å². The Hall–Kier alpha value is -2.57. The first-order chi connectivity index (χ1) is 11.1. The molecule has 0 radical (unpaired) electrons. The first-order valence-electron chi connectivity index (χ1n) is 7.87. The van der Waals surface area contributed by atoms with E-state index < -0.39 is 0 Å². The Balaban J connectivity index is 1.83. The Kier molecular flexibility index (Phi) is 4.18. The molecule has 0 spiro atoms. The number of nitrogens with one attached hydrogen (secondary N) is 3. The fourth-order valence-corrected chi connectivity index (χ4v) is 2.87. The average Bonchev–Trinajstić information content (AvgIpc) is 2.86. The first kappa shape index (κ1) is 15.3. The summed E-state index contributed by atoms with van der Waals surface area (Å²) in [6, 6.07) is 3.41. The van der Waals surface area contributed by atoms with Crippen molar-refractivity contribution in [2.75, 3.05) is 30.8 Å². The van der Waals surface area contributed by atoms with Crippen LogP contribution >= 0.6 is 0 Å². The molecule has 3 amide bonds. The van der Waals surface area contributed by atoms with Gasteiger partial charge in [0.2, 0.25) is 0 Å². The summed E-state index contributed by atoms with van der Waals surface area (Å²) in [5, 5.41) is 10.1. The molecule has 2 aliphatic heterocycles. The smallest absolute Gasteiger partial charge is 0.321 e. The third kappa shape index (κ3) is 2.99. The van der Waals surface area contributed by atoms with Crippen molar-refractivity contribution in [1.82, 2.24) is 10.3 Å². The summed E-state index contributed by atoms with van der Waals surface area (Å²) in [5.41, 5.74) is 5.49. The van der Waals surface area contributed by atoms with Crippen LogP contribution in [0, 0.1) is 0 Å². The summed E-state index contributed by atoms with van der Waals surface area (Å²) < 4.78 is 0. The number of urea groups is 1. The van der Waals surface area contributed by atoms with Crippen LogP contribution in [0.2, 0.25) is 0 Å². The van der Waals surface area contributed by atoms with Crippen molar-refractivity contribution in [2.45, 2.75) is 25.7 Å². The molecule has 2 heterocycles. The monoisotopic (exact) mass is 315 g/mol. The molecular formula is C16H21N5O2. The molecule has 23 heavy (non-hydrogen) atoms. The molecule has 0 bridgehead atoms. The van der Waals surface area contributed by atoms with Crippen molar-refractivity contribution >= 4 is 29.5 Å². The third-order valence-corrected chi connectivity index (χ3v) is 4.17. The number of carbonyl (C=O) groups is 2. The zero-order valence-corrected chi connectivity index (χ0v) is 13.3. The highest BCUT2D eigenvalue weighted by atomic mass is 16.2. The van der Waals surface area contributed by atoms with E-state index in [1.165, 1.54) is 0 Å². The van der Waals surface area contributed by atoms with Gasteiger partial charge < -0.3 is 15.5 Å². The Morgan fingerprint density at radius 1 is 1.48 bits per heavy atom. The van der Waals surface area contributed by atoms with E-state index in [4.69, 9.17) is 0 Å². The van der Waals surface area contributed by atoms with Crippen molar-refractivity contribution in [1.29, 1.82) is 0 Å². The maximum Gasteiger partial charge on any atom is 0.321 e. The number of hydrazone groups is 1. The van der Waals surface area contributed by atoms with Crippen LogP contribution in [0.25, 0.3) is 0 Å². The number of hydrogen-bond donors (Lipinski definition) is 3. The number of anilines is 2. The lowest BCUT2D eigenvalue weighted by Crippen LogP contribution is -2.32. The molecule has 1 unspecified atom stereocenters. The van der Waals surface area contributed by atoms with Gasteiger partial charge in [0.05, 0.1) is 0 Å². The highest BCUT2D eigenvalue weighted by molar-refractivity contribution is 6.03. The number of hydrogen-bond acceptors (Lipinski definition) is 4. The number of benzene rings is 1. The minimum atomic E-state index is -0.251. The highest BCUT2D eigenvalue weighted by Crippen LogP contribution is 2.37. The van der Waals surface area contributed by atoms with Crippen LogP contribution < -0.4 is 16.1 Å². The first-order valence-corrected chi connectivity index (χ1v) is 7.87. The fraction of sp³-hybridized carbons (Fsp3) is 0.438. The van der Waals surface area contributed by atoms with Gasteiger partial charge >= 0.3 is 6.03 Å². The molecule has 1 aromatic carbocycles. The van der Waals surface area contributed by atoms with E-state index in [0.717, 1.165) is 24.1 Å². The SMILES string of the molecule is CCCCN(C)C(=O)Nc1cc2c3c(c1)C(=O)NN=CC3CN2. The van der Waals surface area contributed by atoms with Gasteiger partial charge in [-0.25, -0.2) is 10.2 Å². The van der Waals surface area contributed by atoms with Crippen molar-refractivity contribution < 1.29 is 9.59 Å². The van der Waals surface area contributed by atoms with E-state index in [9.17, 15) is 9.59 Å². The molecule has 0 aromatic heterocycles. The molecule has 0 fully saturated rings. The van der Waals surface area contributed by atoms with E-state index in [-0.39, 0.29) is 17.9 Å². The van der Waals surface area contributed by atoms with Crippen molar-refractivity contribution in [3.05, 3.63) is 23.3 Å². The quantitative estimate of drug-likeness (QED) is 0.796. The zero-order valence-electron chi connectivity index (χ0n) is 13.3. The number of amides is 3. The van der Waals surface area contributed by atoms with Gasteiger partial charge in [0.1, 0.15) is 0 Å². The number of rotatable bonds is 4. The molecule has 0 aliphatic carbocycles. The van der Waals surface area contributed by atoms with Crippen LogP contribution in [0.3, 0.4) is 0 Å². The largest absolute Gasteiger partial charge is 0.384 e. The van der Waals surface area contributed by atoms with Crippen molar-refractivity contribution in [2.24, 2.45) is 5.10 Å². The van der Waals surface area contributed by atoms with E-state index in [2.05, 4.69) is 28.1 Å². The second kappa shape index (κ2) is 6.28. The Bertz CT molecular complexity index is 671. The van der Waals surface area contributed by atoms with Gasteiger partial charge in [-0.15, -0.1) is 0 Å². The summed E-state index contributed by atoms with van der Waals surface area (Å²) in [5.74, 6) is -0.171. The van der Waals surface area contributed by atoms with Gasteiger partial charge in [0.15, 0.2) is 0 Å². The third-order valence-electron chi connectivity index (χ3n) is 4.17. The van der Waals surface area contributed by atoms with Gasteiger partial charge in [-0.2, -0.15) is 5.10 Å². The lowest BCUT2D eigenvalue weighted by Gasteiger charge is -2.18. The normalized spacial score (nSPS) is 17.8. The van der Waals surface area contributed by atoms with E-state index in [0.29, 0.717) is 24.3 Å². The molecule has 1 aromatic rings. The molecular weight excluding hydrogens is 294 g/mol. The molecule has 7 heteroatoms. The topological polar surface area (TPSA) is 85.8 Å². The Morgan fingerprint density at radius 3 is 3.09 bits per heavy atom. The summed E-state index contributed by atoms with van der Waals surface area (Å²) in [7, 11) is 1.77. The van der Waals surface area contributed by atoms with Gasteiger partial charge in [-0.1, -0.05) is 13.3 Å². The number of unbranched alkanes of at least 4 members (excludes halogenated alkanes) is 1. The standard InChI is InChI=1S/C16H21N5O2/c1-3-4-5-21(2)16(23)19-11-6-12-14-10(8-17-13(14)7-11)9-18-20-15(12)22/h6-7,9-10,17H,3-5,8H2,1-2H3,(H,19,23)(H,20,22). The Labute approximate surface area is 135 Å². The average molecular weight is 315 g/mol. The zero-order chi connectivity index (χ0) is 16.4. The second-order valence-electron chi connectivity index (χ2n) is 5.90. The molecule has 0 saturated heterocycles. The maximum absolute atomic E-state index is 12.2. The predicted octanol–water partition coefficient (Wildman–Crippen LogP) is 2.19. The Morgan fingerprint density at radius 2 is 2.30 bits per heavy atom. The van der Waals surface area contributed by atoms with E-state index >= 15 is 0 Å². The van der Waals surface area contributed by atoms with Crippen LogP contribution in [-0.2, 0) is 0 Å². The summed E-state index contributed by atoms with van der Waals surface area (Å²) in [4.78, 5) is 26.0. The van der Waals surface area contributed by atoms with Crippen LogP contribution in [0.15, 0.2) is 17.2 Å². The molecule has 0 saturated carbocycles. The summed E-state index contributed by atoms with van der Waals surface area (Å²) in [6.45, 7) is 3.49. The van der Waals surface area contributed by atoms with Gasteiger partial charge in [0, 0.05) is 49.2 Å². The van der Waals surface area contributed by atoms with Crippen LogP contribution in [0.4, 0.5) is 16.2 Å². The van der Waals surface area contributed by atoms with Crippen LogP contribution in [0.1, 0.15) is 41.6 Å². The lowest BCUT2D eigenvalue weighted by atomic mass is 9.96. The van der Waals surface area contributed by atoms with Gasteiger partial charge in [0.25, 0.3) is 5.91 Å². The maximum atomic E-state index is 12.2. The van der Waals surface area contributed by atoms with Crippen molar-refractivity contribution in [3.8, 4) is 0 Å². The number of nitrogens with zero attached hydrogens (tertiary/aromatic N) is 2. The number of carbonyl (C=O) groups excluding carboxylic acids is 2. The van der Waals surface area contributed by atoms with E-state index in [1.54, 1.807) is 24.2 Å². The fourth-order valence-electron chi connectivity index (χ4n) is 2.87. The van der Waals surface area contributed by atoms with Crippen molar-refractivity contribution in [3.63, 3.8) is 0 Å². The minimum absolute atomic E-state index is 0.0796. The molecule has 1 atom stereocenters. The summed E-state index contributed by atoms with van der Waals surface area (Å²) in [6.07, 6.45) is 3.73.